The molecule has 2 aromatic rings. The second-order valence-electron chi connectivity index (χ2n) is 6.70. The first kappa shape index (κ1) is 19.9. The van der Waals surface area contributed by atoms with Gasteiger partial charge < -0.3 is 10.1 Å². The molecule has 1 N–H and O–H groups in total. The number of hydrogen-bond acceptors (Lipinski definition) is 4. The first-order valence-electron chi connectivity index (χ1n) is 9.33. The van der Waals surface area contributed by atoms with Gasteiger partial charge in [0.1, 0.15) is 5.75 Å². The van der Waals surface area contributed by atoms with Gasteiger partial charge >= 0.3 is 0 Å². The van der Waals surface area contributed by atoms with Crippen LogP contribution in [0, 0.1) is 0 Å². The van der Waals surface area contributed by atoms with Crippen molar-refractivity contribution in [3.8, 4) is 5.75 Å². The largest absolute Gasteiger partial charge is 0.484 e. The Kier molecular flexibility index (Phi) is 7.68. The summed E-state index contributed by atoms with van der Waals surface area (Å²) in [4.78, 5) is 16.8. The lowest BCUT2D eigenvalue weighted by Crippen LogP contribution is -2.48. The number of halogens is 1. The van der Waals surface area contributed by atoms with E-state index in [0.29, 0.717) is 12.3 Å². The van der Waals surface area contributed by atoms with Crippen molar-refractivity contribution in [2.24, 2.45) is 0 Å². The Labute approximate surface area is 169 Å². The van der Waals surface area contributed by atoms with E-state index in [-0.39, 0.29) is 12.5 Å². The highest BCUT2D eigenvalue weighted by molar-refractivity contribution is 9.10. The van der Waals surface area contributed by atoms with Gasteiger partial charge in [-0.1, -0.05) is 46.3 Å². The fraction of sp³-hybridized carbons (Fsp3) is 0.381. The zero-order chi connectivity index (χ0) is 18.9. The van der Waals surface area contributed by atoms with Gasteiger partial charge in [-0.2, -0.15) is 0 Å². The summed E-state index contributed by atoms with van der Waals surface area (Å²) in [6.07, 6.45) is 0. The molecule has 1 saturated heterocycles. The third kappa shape index (κ3) is 6.97. The van der Waals surface area contributed by atoms with Crippen LogP contribution in [0.5, 0.6) is 5.75 Å². The van der Waals surface area contributed by atoms with Gasteiger partial charge in [-0.05, 0) is 29.8 Å². The van der Waals surface area contributed by atoms with Crippen LogP contribution >= 0.6 is 15.9 Å². The Balaban J connectivity index is 1.27. The number of hydrogen-bond donors (Lipinski definition) is 1. The van der Waals surface area contributed by atoms with Gasteiger partial charge in [0.2, 0.25) is 0 Å². The molecule has 3 rings (SSSR count). The Bertz CT molecular complexity index is 701. The predicted molar refractivity (Wildman–Crippen MR) is 111 cm³/mol. The SMILES string of the molecule is O=C(COc1ccc(Br)cc1)NCCN1CCN(Cc2ccccc2)CC1. The summed E-state index contributed by atoms with van der Waals surface area (Å²) >= 11 is 3.38. The molecule has 0 unspecified atom stereocenters. The maximum atomic E-state index is 11.9. The minimum atomic E-state index is -0.0827. The molecule has 5 nitrogen and oxygen atoms in total. The number of ether oxygens (including phenoxy) is 1. The number of rotatable bonds is 8. The van der Waals surface area contributed by atoms with Gasteiger partial charge in [0.25, 0.3) is 5.91 Å². The third-order valence-electron chi connectivity index (χ3n) is 4.65. The van der Waals surface area contributed by atoms with E-state index in [0.717, 1.165) is 43.7 Å². The van der Waals surface area contributed by atoms with Crippen LogP contribution in [-0.4, -0.2) is 61.6 Å². The number of carbonyl (C=O) groups excluding carboxylic acids is 1. The number of amides is 1. The summed E-state index contributed by atoms with van der Waals surface area (Å²) in [5, 5.41) is 2.93. The molecule has 1 fully saturated rings. The number of nitrogens with zero attached hydrogens (tertiary/aromatic N) is 2. The summed E-state index contributed by atoms with van der Waals surface area (Å²) in [5.41, 5.74) is 1.36. The van der Waals surface area contributed by atoms with Gasteiger partial charge in [0.05, 0.1) is 0 Å². The van der Waals surface area contributed by atoms with Gasteiger partial charge in [0.15, 0.2) is 6.61 Å². The van der Waals surface area contributed by atoms with E-state index in [2.05, 4.69) is 61.4 Å². The molecule has 6 heteroatoms. The van der Waals surface area contributed by atoms with Crippen LogP contribution in [0.15, 0.2) is 59.1 Å². The fourth-order valence-corrected chi connectivity index (χ4v) is 3.36. The normalized spacial score (nSPS) is 15.4. The Morgan fingerprint density at radius 1 is 0.963 bits per heavy atom. The molecule has 0 aliphatic carbocycles. The van der Waals surface area contributed by atoms with Gasteiger partial charge in [-0.15, -0.1) is 0 Å². The molecule has 0 atom stereocenters. The van der Waals surface area contributed by atoms with E-state index in [1.807, 2.05) is 24.3 Å². The number of piperazine rings is 1. The topological polar surface area (TPSA) is 44.8 Å². The highest BCUT2D eigenvalue weighted by Crippen LogP contribution is 2.15. The van der Waals surface area contributed by atoms with Crippen molar-refractivity contribution in [2.45, 2.75) is 6.54 Å². The van der Waals surface area contributed by atoms with Crippen LogP contribution in [0.3, 0.4) is 0 Å². The quantitative estimate of drug-likeness (QED) is 0.697. The number of carbonyl (C=O) groups is 1. The van der Waals surface area contributed by atoms with Crippen LogP contribution in [-0.2, 0) is 11.3 Å². The van der Waals surface area contributed by atoms with Crippen LogP contribution in [0.4, 0.5) is 0 Å². The standard InChI is InChI=1S/C21H26BrN3O2/c22-19-6-8-20(9-7-19)27-17-21(26)23-10-11-24-12-14-25(15-13-24)16-18-4-2-1-3-5-18/h1-9H,10-17H2,(H,23,26). The zero-order valence-electron chi connectivity index (χ0n) is 15.4. The average Bonchev–Trinajstić information content (AvgIpc) is 2.70. The van der Waals surface area contributed by atoms with E-state index in [9.17, 15) is 4.79 Å². The lowest BCUT2D eigenvalue weighted by Gasteiger charge is -2.34. The first-order chi connectivity index (χ1) is 13.2. The molecule has 1 aliphatic rings. The lowest BCUT2D eigenvalue weighted by atomic mass is 10.2. The minimum Gasteiger partial charge on any atom is -0.484 e. The van der Waals surface area contributed by atoms with E-state index in [4.69, 9.17) is 4.74 Å². The summed E-state index contributed by atoms with van der Waals surface area (Å²) < 4.78 is 6.47. The molecule has 0 spiro atoms. The van der Waals surface area contributed by atoms with Crippen molar-refractivity contribution < 1.29 is 9.53 Å². The van der Waals surface area contributed by atoms with E-state index in [1.54, 1.807) is 0 Å². The molecule has 1 amide bonds. The van der Waals surface area contributed by atoms with Gasteiger partial charge in [-0.25, -0.2) is 0 Å². The minimum absolute atomic E-state index is 0.0481. The molecule has 0 radical (unpaired) electrons. The van der Waals surface area contributed by atoms with Crippen LogP contribution in [0.25, 0.3) is 0 Å². The monoisotopic (exact) mass is 431 g/mol. The van der Waals surface area contributed by atoms with Crippen LogP contribution < -0.4 is 10.1 Å². The molecule has 0 bridgehead atoms. The highest BCUT2D eigenvalue weighted by atomic mass is 79.9. The first-order valence-corrected chi connectivity index (χ1v) is 10.1. The molecule has 2 aromatic carbocycles. The van der Waals surface area contributed by atoms with Gasteiger partial charge in [-0.3, -0.25) is 14.6 Å². The molecule has 1 heterocycles. The van der Waals surface area contributed by atoms with Crippen molar-refractivity contribution in [1.82, 2.24) is 15.1 Å². The molecule has 0 saturated carbocycles. The van der Waals surface area contributed by atoms with E-state index in [1.165, 1.54) is 5.56 Å². The van der Waals surface area contributed by atoms with Crippen LogP contribution in [0.2, 0.25) is 0 Å². The molecule has 1 aliphatic heterocycles. The molecule has 144 valence electrons. The zero-order valence-corrected chi connectivity index (χ0v) is 17.0. The second-order valence-corrected chi connectivity index (χ2v) is 7.61. The number of nitrogens with one attached hydrogen (secondary N) is 1. The predicted octanol–water partition coefficient (Wildman–Crippen LogP) is 2.76. The summed E-state index contributed by atoms with van der Waals surface area (Å²) in [6, 6.07) is 18.1. The molecule has 27 heavy (non-hydrogen) atoms. The number of benzene rings is 2. The summed E-state index contributed by atoms with van der Waals surface area (Å²) in [6.45, 7) is 6.80. The van der Waals surface area contributed by atoms with E-state index < -0.39 is 0 Å². The van der Waals surface area contributed by atoms with Crippen molar-refractivity contribution in [1.29, 1.82) is 0 Å². The van der Waals surface area contributed by atoms with Crippen molar-refractivity contribution in [3.05, 3.63) is 64.6 Å². The van der Waals surface area contributed by atoms with E-state index >= 15 is 0 Å². The van der Waals surface area contributed by atoms with Gasteiger partial charge in [0, 0.05) is 50.3 Å². The Morgan fingerprint density at radius 3 is 2.33 bits per heavy atom. The van der Waals surface area contributed by atoms with Crippen LogP contribution in [0.1, 0.15) is 5.56 Å². The second kappa shape index (κ2) is 10.4. The average molecular weight is 432 g/mol. The van der Waals surface area contributed by atoms with Crippen molar-refractivity contribution in [2.75, 3.05) is 45.9 Å². The maximum absolute atomic E-state index is 11.9. The smallest absolute Gasteiger partial charge is 0.257 e. The molecular weight excluding hydrogens is 406 g/mol. The Hall–Kier alpha value is -1.89. The Morgan fingerprint density at radius 2 is 1.63 bits per heavy atom. The summed E-state index contributed by atoms with van der Waals surface area (Å²) in [5.74, 6) is 0.614. The molecular formula is C21H26BrN3O2. The lowest BCUT2D eigenvalue weighted by molar-refractivity contribution is -0.123. The fourth-order valence-electron chi connectivity index (χ4n) is 3.10. The third-order valence-corrected chi connectivity index (χ3v) is 5.18. The molecule has 0 aromatic heterocycles. The summed E-state index contributed by atoms with van der Waals surface area (Å²) in [7, 11) is 0. The maximum Gasteiger partial charge on any atom is 0.257 e. The van der Waals surface area contributed by atoms with Crippen molar-refractivity contribution >= 4 is 21.8 Å². The van der Waals surface area contributed by atoms with Crippen molar-refractivity contribution in [3.63, 3.8) is 0 Å². The highest BCUT2D eigenvalue weighted by Gasteiger charge is 2.16.